The largest absolute Gasteiger partial charge is 0.320 e. The fourth-order valence-corrected chi connectivity index (χ4v) is 2.97. The molecule has 0 saturated heterocycles. The van der Waals surface area contributed by atoms with Crippen LogP contribution in [0.4, 0.5) is 0 Å². The highest BCUT2D eigenvalue weighted by Crippen LogP contribution is 2.24. The smallest absolute Gasteiger partial charge is 0.191 e. The molecule has 2 rings (SSSR count). The lowest BCUT2D eigenvalue weighted by molar-refractivity contribution is 0.788. The van der Waals surface area contributed by atoms with Crippen LogP contribution in [0, 0.1) is 11.8 Å². The maximum Gasteiger partial charge on any atom is 0.191 e. The lowest BCUT2D eigenvalue weighted by Gasteiger charge is -1.97. The van der Waals surface area contributed by atoms with Gasteiger partial charge in [-0.05, 0) is 6.07 Å². The average molecular weight is 264 g/mol. The van der Waals surface area contributed by atoms with Crippen LogP contribution in [0.5, 0.6) is 0 Å². The Morgan fingerprint density at radius 3 is 3.18 bits per heavy atom. The minimum atomic E-state index is 0.402. The molecule has 88 valence electrons. The van der Waals surface area contributed by atoms with Gasteiger partial charge >= 0.3 is 0 Å². The van der Waals surface area contributed by atoms with Gasteiger partial charge in [-0.1, -0.05) is 23.6 Å². The van der Waals surface area contributed by atoms with Gasteiger partial charge in [0.15, 0.2) is 5.16 Å². The molecule has 2 heterocycles. The van der Waals surface area contributed by atoms with E-state index in [4.69, 9.17) is 5.73 Å². The molecule has 0 bridgehead atoms. The van der Waals surface area contributed by atoms with Crippen molar-refractivity contribution in [3.05, 3.63) is 28.2 Å². The second-order valence-electron chi connectivity index (χ2n) is 3.32. The Balaban J connectivity index is 1.96. The molecule has 0 spiro atoms. The number of aromatic nitrogens is 3. The Bertz CT molecular complexity index is 547. The molecule has 2 aromatic heterocycles. The molecule has 4 nitrogen and oxygen atoms in total. The van der Waals surface area contributed by atoms with Crippen LogP contribution >= 0.6 is 23.1 Å². The highest BCUT2D eigenvalue weighted by atomic mass is 32.2. The summed E-state index contributed by atoms with van der Waals surface area (Å²) < 4.78 is 1.91. The van der Waals surface area contributed by atoms with Crippen LogP contribution < -0.4 is 5.73 Å². The maximum atomic E-state index is 5.33. The zero-order valence-electron chi connectivity index (χ0n) is 9.38. The number of nitrogens with two attached hydrogens (primary N) is 1. The summed E-state index contributed by atoms with van der Waals surface area (Å²) >= 11 is 3.38. The first kappa shape index (κ1) is 12.2. The molecular weight excluding hydrogens is 252 g/mol. The van der Waals surface area contributed by atoms with Crippen LogP contribution in [0.3, 0.4) is 0 Å². The first-order valence-electron chi connectivity index (χ1n) is 5.02. The van der Waals surface area contributed by atoms with Gasteiger partial charge in [0, 0.05) is 28.6 Å². The molecule has 0 unspecified atom stereocenters. The number of nitrogens with zero attached hydrogens (tertiary/aromatic N) is 3. The zero-order valence-corrected chi connectivity index (χ0v) is 11.0. The van der Waals surface area contributed by atoms with Crippen molar-refractivity contribution in [2.75, 3.05) is 6.54 Å². The molecule has 0 saturated carbocycles. The number of hydrogen-bond acceptors (Lipinski definition) is 5. The van der Waals surface area contributed by atoms with Gasteiger partial charge in [-0.3, -0.25) is 0 Å². The normalized spacial score (nSPS) is 10.0. The van der Waals surface area contributed by atoms with Crippen molar-refractivity contribution < 1.29 is 0 Å². The summed E-state index contributed by atoms with van der Waals surface area (Å²) in [5, 5.41) is 10.8. The predicted molar refractivity (Wildman–Crippen MR) is 70.8 cm³/mol. The van der Waals surface area contributed by atoms with Gasteiger partial charge < -0.3 is 10.3 Å². The van der Waals surface area contributed by atoms with E-state index in [2.05, 4.69) is 33.5 Å². The molecular formula is C11H12N4S2. The Kier molecular flexibility index (Phi) is 4.20. The Morgan fingerprint density at radius 1 is 1.59 bits per heavy atom. The second-order valence-corrected chi connectivity index (χ2v) is 5.26. The van der Waals surface area contributed by atoms with Gasteiger partial charge in [0.05, 0.1) is 6.54 Å². The number of aryl methyl sites for hydroxylation is 1. The topological polar surface area (TPSA) is 56.7 Å². The van der Waals surface area contributed by atoms with Crippen molar-refractivity contribution in [1.29, 1.82) is 0 Å². The van der Waals surface area contributed by atoms with E-state index in [0.717, 1.165) is 16.5 Å². The van der Waals surface area contributed by atoms with Crippen molar-refractivity contribution in [2.45, 2.75) is 10.9 Å². The van der Waals surface area contributed by atoms with Crippen LogP contribution in [0.15, 0.2) is 22.9 Å². The fourth-order valence-electron chi connectivity index (χ4n) is 1.21. The number of hydrogen-bond donors (Lipinski definition) is 1. The van der Waals surface area contributed by atoms with E-state index in [-0.39, 0.29) is 0 Å². The molecule has 0 aliphatic rings. The predicted octanol–water partition coefficient (Wildman–Crippen LogP) is 1.48. The minimum Gasteiger partial charge on any atom is -0.320 e. The van der Waals surface area contributed by atoms with E-state index in [1.165, 1.54) is 4.88 Å². The van der Waals surface area contributed by atoms with Gasteiger partial charge in [-0.2, -0.15) is 0 Å². The standard InChI is InChI=1S/C11H12N4S2/c1-15-8-13-14-11(15)17-7-10-5-9(6-16-10)3-2-4-12/h5-6,8H,4,7,12H2,1H3. The van der Waals surface area contributed by atoms with Crippen LogP contribution in [-0.4, -0.2) is 21.3 Å². The molecule has 0 fully saturated rings. The Labute approximate surface area is 108 Å². The van der Waals surface area contributed by atoms with Gasteiger partial charge in [0.1, 0.15) is 6.33 Å². The molecule has 0 aromatic carbocycles. The van der Waals surface area contributed by atoms with Gasteiger partial charge in [-0.15, -0.1) is 21.5 Å². The summed E-state index contributed by atoms with van der Waals surface area (Å²) in [4.78, 5) is 1.28. The molecule has 0 aliphatic carbocycles. The van der Waals surface area contributed by atoms with E-state index in [9.17, 15) is 0 Å². The average Bonchev–Trinajstić information content (AvgIpc) is 2.93. The van der Waals surface area contributed by atoms with Crippen LogP contribution in [0.25, 0.3) is 0 Å². The highest BCUT2D eigenvalue weighted by molar-refractivity contribution is 7.98. The lowest BCUT2D eigenvalue weighted by atomic mass is 10.3. The number of thioether (sulfide) groups is 1. The van der Waals surface area contributed by atoms with Crippen molar-refractivity contribution in [3.8, 4) is 11.8 Å². The highest BCUT2D eigenvalue weighted by Gasteiger charge is 2.03. The molecule has 2 aromatic rings. The Hall–Kier alpha value is -1.29. The quantitative estimate of drug-likeness (QED) is 0.674. The molecule has 0 atom stereocenters. The van der Waals surface area contributed by atoms with Crippen LogP contribution in [-0.2, 0) is 12.8 Å². The van der Waals surface area contributed by atoms with Crippen molar-refractivity contribution in [2.24, 2.45) is 12.8 Å². The van der Waals surface area contributed by atoms with E-state index in [1.54, 1.807) is 29.4 Å². The van der Waals surface area contributed by atoms with E-state index in [0.29, 0.717) is 6.54 Å². The van der Waals surface area contributed by atoms with Gasteiger partial charge in [0.25, 0.3) is 0 Å². The SMILES string of the molecule is Cn1cnnc1SCc1cc(C#CCN)cs1. The number of thiophene rings is 1. The van der Waals surface area contributed by atoms with Crippen LogP contribution in [0.2, 0.25) is 0 Å². The molecule has 0 radical (unpaired) electrons. The van der Waals surface area contributed by atoms with E-state index < -0.39 is 0 Å². The maximum absolute atomic E-state index is 5.33. The second kappa shape index (κ2) is 5.87. The summed E-state index contributed by atoms with van der Waals surface area (Å²) in [6.45, 7) is 0.402. The third-order valence-electron chi connectivity index (χ3n) is 2.00. The van der Waals surface area contributed by atoms with E-state index >= 15 is 0 Å². The first-order valence-corrected chi connectivity index (χ1v) is 6.89. The summed E-state index contributed by atoms with van der Waals surface area (Å²) in [5.74, 6) is 6.76. The van der Waals surface area contributed by atoms with Crippen molar-refractivity contribution in [3.63, 3.8) is 0 Å². The molecule has 2 N–H and O–H groups in total. The van der Waals surface area contributed by atoms with Gasteiger partial charge in [-0.25, -0.2) is 0 Å². The monoisotopic (exact) mass is 264 g/mol. The third kappa shape index (κ3) is 3.33. The van der Waals surface area contributed by atoms with Crippen molar-refractivity contribution in [1.82, 2.24) is 14.8 Å². The third-order valence-corrected chi connectivity index (χ3v) is 4.20. The van der Waals surface area contributed by atoms with Crippen LogP contribution in [0.1, 0.15) is 10.4 Å². The lowest BCUT2D eigenvalue weighted by Crippen LogP contribution is -1.92. The summed E-state index contributed by atoms with van der Waals surface area (Å²) in [6, 6.07) is 2.09. The summed E-state index contributed by atoms with van der Waals surface area (Å²) in [5.41, 5.74) is 6.37. The first-order chi connectivity index (χ1) is 8.29. The molecule has 6 heteroatoms. The molecule has 0 aliphatic heterocycles. The molecule has 17 heavy (non-hydrogen) atoms. The van der Waals surface area contributed by atoms with Gasteiger partial charge in [0.2, 0.25) is 0 Å². The van der Waals surface area contributed by atoms with E-state index in [1.807, 2.05) is 11.6 Å². The fraction of sp³-hybridized carbons (Fsp3) is 0.273. The zero-order chi connectivity index (χ0) is 12.1. The summed E-state index contributed by atoms with van der Waals surface area (Å²) in [7, 11) is 1.94. The number of rotatable bonds is 3. The summed E-state index contributed by atoms with van der Waals surface area (Å²) in [6.07, 6.45) is 1.70. The minimum absolute atomic E-state index is 0.402. The Morgan fingerprint density at radius 2 is 2.47 bits per heavy atom. The van der Waals surface area contributed by atoms with Crippen molar-refractivity contribution >= 4 is 23.1 Å². The molecule has 0 amide bonds.